The first-order valence-corrected chi connectivity index (χ1v) is 6.68. The van der Waals surface area contributed by atoms with Crippen LogP contribution in [-0.2, 0) is 20.0 Å². The van der Waals surface area contributed by atoms with Gasteiger partial charge in [-0.15, -0.1) is 0 Å². The molecule has 0 aliphatic heterocycles. The zero-order valence-electron chi connectivity index (χ0n) is 12.4. The minimum absolute atomic E-state index is 0.181. The van der Waals surface area contributed by atoms with Crippen LogP contribution in [0.2, 0.25) is 0 Å². The van der Waals surface area contributed by atoms with Crippen molar-refractivity contribution in [2.24, 2.45) is 17.9 Å². The minimum Gasteiger partial charge on any atom is -0.409 e. The fourth-order valence-corrected chi connectivity index (χ4v) is 2.17. The zero-order chi connectivity index (χ0) is 15.6. The Kier molecular flexibility index (Phi) is 4.11. The van der Waals surface area contributed by atoms with Crippen molar-refractivity contribution in [1.29, 1.82) is 0 Å². The Bertz CT molecular complexity index is 742. The third kappa shape index (κ3) is 2.81. The fraction of sp³-hybridized carbons (Fsp3) is 0.357. The van der Waals surface area contributed by atoms with Crippen LogP contribution in [0.5, 0.6) is 0 Å². The van der Waals surface area contributed by atoms with Crippen LogP contribution in [0.25, 0.3) is 0 Å². The van der Waals surface area contributed by atoms with Crippen molar-refractivity contribution in [3.05, 3.63) is 51.2 Å². The van der Waals surface area contributed by atoms with Crippen molar-refractivity contribution < 1.29 is 5.21 Å². The van der Waals surface area contributed by atoms with E-state index in [1.807, 2.05) is 27.0 Å². The van der Waals surface area contributed by atoms with Gasteiger partial charge in [0.05, 0.1) is 23.5 Å². The van der Waals surface area contributed by atoms with Gasteiger partial charge in [-0.1, -0.05) is 12.1 Å². The molecule has 0 fully saturated rings. The molecule has 112 valence electrons. The van der Waals surface area contributed by atoms with E-state index < -0.39 is 0 Å². The molecule has 0 aliphatic rings. The number of nitrogens with zero attached hydrogens (tertiary/aromatic N) is 4. The Morgan fingerprint density at radius 3 is 2.76 bits per heavy atom. The van der Waals surface area contributed by atoms with E-state index in [0.717, 1.165) is 23.5 Å². The number of oxime groups is 1. The molecule has 2 heterocycles. The third-order valence-electron chi connectivity index (χ3n) is 3.49. The van der Waals surface area contributed by atoms with E-state index in [2.05, 4.69) is 10.3 Å². The number of hydrogen-bond donors (Lipinski definition) is 2. The highest BCUT2D eigenvalue weighted by molar-refractivity contribution is 5.96. The van der Waals surface area contributed by atoms with Gasteiger partial charge in [0.25, 0.3) is 5.56 Å². The lowest BCUT2D eigenvalue weighted by Gasteiger charge is -2.11. The molecular formula is C14H19N5O2. The molecule has 0 aromatic carbocycles. The van der Waals surface area contributed by atoms with Gasteiger partial charge in [0.1, 0.15) is 0 Å². The van der Waals surface area contributed by atoms with Gasteiger partial charge in [-0.3, -0.25) is 9.48 Å². The Hall–Kier alpha value is -2.57. The molecule has 0 spiro atoms. The quantitative estimate of drug-likeness (QED) is 0.372. The minimum atomic E-state index is -0.287. The Morgan fingerprint density at radius 1 is 1.48 bits per heavy atom. The molecule has 7 nitrogen and oxygen atoms in total. The SMILES string of the molecule is CCc1cc(Cn2c(C)ccc(/C(N)=N/O)c2=O)n(C)n1. The summed E-state index contributed by atoms with van der Waals surface area (Å²) >= 11 is 0. The van der Waals surface area contributed by atoms with Crippen LogP contribution in [0.4, 0.5) is 0 Å². The van der Waals surface area contributed by atoms with Gasteiger partial charge in [0, 0.05) is 12.7 Å². The Balaban J connectivity index is 2.49. The molecule has 0 bridgehead atoms. The summed E-state index contributed by atoms with van der Waals surface area (Å²) in [4.78, 5) is 12.4. The molecule has 0 amide bonds. The number of pyridine rings is 1. The van der Waals surface area contributed by atoms with Crippen molar-refractivity contribution in [2.45, 2.75) is 26.8 Å². The molecule has 3 N–H and O–H groups in total. The van der Waals surface area contributed by atoms with Crippen LogP contribution in [0.1, 0.15) is 29.6 Å². The van der Waals surface area contributed by atoms with Crippen LogP contribution in [-0.4, -0.2) is 25.4 Å². The average molecular weight is 289 g/mol. The number of aromatic nitrogens is 3. The Labute approximate surface area is 122 Å². The summed E-state index contributed by atoms with van der Waals surface area (Å²) in [7, 11) is 1.85. The van der Waals surface area contributed by atoms with Gasteiger partial charge in [-0.2, -0.15) is 5.10 Å². The van der Waals surface area contributed by atoms with Gasteiger partial charge in [0.15, 0.2) is 5.84 Å². The fourth-order valence-electron chi connectivity index (χ4n) is 2.17. The maximum absolute atomic E-state index is 12.4. The summed E-state index contributed by atoms with van der Waals surface area (Å²) < 4.78 is 3.35. The molecule has 0 radical (unpaired) electrons. The normalized spacial score (nSPS) is 11.9. The maximum atomic E-state index is 12.4. The van der Waals surface area contributed by atoms with Crippen molar-refractivity contribution in [1.82, 2.24) is 14.3 Å². The highest BCUT2D eigenvalue weighted by Crippen LogP contribution is 2.07. The number of amidine groups is 1. The first-order valence-electron chi connectivity index (χ1n) is 6.68. The van der Waals surface area contributed by atoms with Crippen molar-refractivity contribution in [2.75, 3.05) is 0 Å². The molecule has 0 atom stereocenters. The summed E-state index contributed by atoms with van der Waals surface area (Å²) in [6, 6.07) is 5.30. The second-order valence-corrected chi connectivity index (χ2v) is 4.87. The van der Waals surface area contributed by atoms with E-state index >= 15 is 0 Å². The number of nitrogens with two attached hydrogens (primary N) is 1. The van der Waals surface area contributed by atoms with Gasteiger partial charge < -0.3 is 15.5 Å². The summed E-state index contributed by atoms with van der Waals surface area (Å²) in [5.74, 6) is -0.187. The van der Waals surface area contributed by atoms with Gasteiger partial charge in [-0.05, 0) is 31.5 Å². The Morgan fingerprint density at radius 2 is 2.19 bits per heavy atom. The lowest BCUT2D eigenvalue weighted by molar-refractivity contribution is 0.318. The van der Waals surface area contributed by atoms with E-state index in [1.54, 1.807) is 21.4 Å². The summed E-state index contributed by atoms with van der Waals surface area (Å²) in [5, 5.41) is 16.0. The molecule has 0 saturated carbocycles. The van der Waals surface area contributed by atoms with E-state index in [0.29, 0.717) is 6.54 Å². The summed E-state index contributed by atoms with van der Waals surface area (Å²) in [6.45, 7) is 4.26. The second kappa shape index (κ2) is 5.82. The van der Waals surface area contributed by atoms with E-state index in [9.17, 15) is 4.79 Å². The van der Waals surface area contributed by atoms with Crippen LogP contribution in [0, 0.1) is 6.92 Å². The van der Waals surface area contributed by atoms with Crippen LogP contribution in [0.15, 0.2) is 28.1 Å². The summed E-state index contributed by atoms with van der Waals surface area (Å²) in [6.07, 6.45) is 0.839. The van der Waals surface area contributed by atoms with Gasteiger partial charge >= 0.3 is 0 Å². The predicted molar refractivity (Wildman–Crippen MR) is 79.6 cm³/mol. The van der Waals surface area contributed by atoms with Crippen molar-refractivity contribution in [3.8, 4) is 0 Å². The maximum Gasteiger partial charge on any atom is 0.262 e. The van der Waals surface area contributed by atoms with Gasteiger partial charge in [0.2, 0.25) is 0 Å². The molecule has 7 heteroatoms. The lowest BCUT2D eigenvalue weighted by Crippen LogP contribution is -2.31. The highest BCUT2D eigenvalue weighted by Gasteiger charge is 2.12. The van der Waals surface area contributed by atoms with E-state index in [1.165, 1.54) is 0 Å². The molecule has 2 aromatic rings. The van der Waals surface area contributed by atoms with E-state index in [-0.39, 0.29) is 17.0 Å². The monoisotopic (exact) mass is 289 g/mol. The van der Waals surface area contributed by atoms with Gasteiger partial charge in [-0.25, -0.2) is 0 Å². The number of aryl methyl sites for hydroxylation is 3. The lowest BCUT2D eigenvalue weighted by atomic mass is 10.2. The zero-order valence-corrected chi connectivity index (χ0v) is 12.4. The highest BCUT2D eigenvalue weighted by atomic mass is 16.4. The number of hydrogen-bond acceptors (Lipinski definition) is 4. The number of rotatable bonds is 4. The van der Waals surface area contributed by atoms with Crippen LogP contribution in [0.3, 0.4) is 0 Å². The average Bonchev–Trinajstić information content (AvgIpc) is 2.83. The molecule has 0 saturated heterocycles. The standard InChI is InChI=1S/C14H19N5O2/c1-4-10-7-11(18(3)16-10)8-19-9(2)5-6-12(14(19)20)13(15)17-21/h5-7,21H,4,8H2,1-3H3,(H2,15,17). The first-order chi connectivity index (χ1) is 9.97. The summed E-state index contributed by atoms with van der Waals surface area (Å²) in [5.41, 5.74) is 8.13. The molecule has 21 heavy (non-hydrogen) atoms. The van der Waals surface area contributed by atoms with Crippen LogP contribution >= 0.6 is 0 Å². The molecule has 0 aliphatic carbocycles. The van der Waals surface area contributed by atoms with E-state index in [4.69, 9.17) is 10.9 Å². The molecule has 2 rings (SSSR count). The molecule has 2 aromatic heterocycles. The molecule has 0 unspecified atom stereocenters. The van der Waals surface area contributed by atoms with Crippen molar-refractivity contribution in [3.63, 3.8) is 0 Å². The second-order valence-electron chi connectivity index (χ2n) is 4.87. The largest absolute Gasteiger partial charge is 0.409 e. The predicted octanol–water partition coefficient (Wildman–Crippen LogP) is 0.595. The molecular weight excluding hydrogens is 270 g/mol. The first kappa shape index (κ1) is 14.8. The smallest absolute Gasteiger partial charge is 0.262 e. The van der Waals surface area contributed by atoms with Crippen molar-refractivity contribution >= 4 is 5.84 Å². The van der Waals surface area contributed by atoms with Crippen LogP contribution < -0.4 is 11.3 Å². The topological polar surface area (TPSA) is 98.4 Å². The third-order valence-corrected chi connectivity index (χ3v) is 3.49.